The highest BCUT2D eigenvalue weighted by molar-refractivity contribution is 9.11. The molecule has 2 nitrogen and oxygen atoms in total. The first-order valence-electron chi connectivity index (χ1n) is 6.74. The van der Waals surface area contributed by atoms with Gasteiger partial charge in [0, 0.05) is 16.8 Å². The molecule has 1 atom stereocenters. The molecule has 0 spiro atoms. The average Bonchev–Trinajstić information content (AvgIpc) is 2.84. The standard InChI is InChI=1S/C14H22BrNOS/c1-2-10-5-7-14(9-16,8-6-10)13(17)11-3-4-12(15)18-11/h3-4,10,13,17H,2,5-9,16H2,1H3. The minimum atomic E-state index is -0.406. The molecule has 1 aliphatic rings. The summed E-state index contributed by atoms with van der Waals surface area (Å²) >= 11 is 5.08. The van der Waals surface area contributed by atoms with Gasteiger partial charge in [-0.15, -0.1) is 11.3 Å². The first kappa shape index (κ1) is 14.5. The van der Waals surface area contributed by atoms with Crippen LogP contribution in [0, 0.1) is 11.3 Å². The van der Waals surface area contributed by atoms with Gasteiger partial charge in [-0.1, -0.05) is 13.3 Å². The fourth-order valence-corrected chi connectivity index (χ4v) is 4.58. The van der Waals surface area contributed by atoms with Gasteiger partial charge in [-0.2, -0.15) is 0 Å². The monoisotopic (exact) mass is 331 g/mol. The Morgan fingerprint density at radius 2 is 2.17 bits per heavy atom. The Balaban J connectivity index is 2.13. The number of aliphatic hydroxyl groups is 1. The lowest BCUT2D eigenvalue weighted by atomic mass is 9.66. The maximum Gasteiger partial charge on any atom is 0.0950 e. The third-order valence-corrected chi connectivity index (χ3v) is 6.20. The van der Waals surface area contributed by atoms with Gasteiger partial charge in [0.1, 0.15) is 0 Å². The molecule has 1 saturated carbocycles. The van der Waals surface area contributed by atoms with Crippen LogP contribution in [0.5, 0.6) is 0 Å². The third-order valence-electron chi connectivity index (χ3n) is 4.53. The fraction of sp³-hybridized carbons (Fsp3) is 0.714. The number of rotatable bonds is 4. The Labute approximate surface area is 122 Å². The summed E-state index contributed by atoms with van der Waals surface area (Å²) < 4.78 is 1.07. The molecule has 18 heavy (non-hydrogen) atoms. The van der Waals surface area contributed by atoms with Crippen molar-refractivity contribution in [2.24, 2.45) is 17.1 Å². The molecule has 0 amide bonds. The molecule has 1 unspecified atom stereocenters. The Hall–Kier alpha value is 0.1000. The lowest BCUT2D eigenvalue weighted by Gasteiger charge is -2.42. The number of thiophene rings is 1. The first-order valence-corrected chi connectivity index (χ1v) is 8.35. The molecule has 0 radical (unpaired) electrons. The topological polar surface area (TPSA) is 46.2 Å². The Morgan fingerprint density at radius 3 is 2.61 bits per heavy atom. The van der Waals surface area contributed by atoms with Crippen LogP contribution in [-0.4, -0.2) is 11.7 Å². The highest BCUT2D eigenvalue weighted by atomic mass is 79.9. The van der Waals surface area contributed by atoms with Crippen molar-refractivity contribution in [2.75, 3.05) is 6.54 Å². The number of hydrogen-bond donors (Lipinski definition) is 2. The van der Waals surface area contributed by atoms with Gasteiger partial charge in [0.05, 0.1) is 9.89 Å². The number of aliphatic hydroxyl groups excluding tert-OH is 1. The van der Waals surface area contributed by atoms with Crippen molar-refractivity contribution in [3.05, 3.63) is 20.8 Å². The van der Waals surface area contributed by atoms with Crippen LogP contribution in [-0.2, 0) is 0 Å². The highest BCUT2D eigenvalue weighted by Gasteiger charge is 2.41. The molecule has 0 aromatic carbocycles. The molecule has 1 fully saturated rings. The fourth-order valence-electron chi connectivity index (χ4n) is 3.03. The molecule has 1 aromatic rings. The second-order valence-corrected chi connectivity index (χ2v) is 7.96. The predicted octanol–water partition coefficient (Wildman–Crippen LogP) is 4.09. The zero-order valence-corrected chi connectivity index (χ0v) is 13.3. The molecule has 1 aliphatic carbocycles. The molecule has 102 valence electrons. The summed E-state index contributed by atoms with van der Waals surface area (Å²) in [7, 11) is 0. The number of halogens is 1. The van der Waals surface area contributed by atoms with Crippen LogP contribution in [0.3, 0.4) is 0 Å². The van der Waals surface area contributed by atoms with Crippen LogP contribution < -0.4 is 5.73 Å². The van der Waals surface area contributed by atoms with E-state index in [1.807, 2.05) is 12.1 Å². The van der Waals surface area contributed by atoms with Gasteiger partial charge in [0.2, 0.25) is 0 Å². The van der Waals surface area contributed by atoms with Crippen LogP contribution in [0.25, 0.3) is 0 Å². The smallest absolute Gasteiger partial charge is 0.0950 e. The summed E-state index contributed by atoms with van der Waals surface area (Å²) in [6, 6.07) is 4.02. The molecule has 1 aromatic heterocycles. The number of hydrogen-bond acceptors (Lipinski definition) is 3. The van der Waals surface area contributed by atoms with Crippen LogP contribution in [0.4, 0.5) is 0 Å². The molecule has 2 rings (SSSR count). The SMILES string of the molecule is CCC1CCC(CN)(C(O)c2ccc(Br)s2)CC1. The zero-order valence-electron chi connectivity index (χ0n) is 10.9. The van der Waals surface area contributed by atoms with E-state index in [9.17, 15) is 5.11 Å². The van der Waals surface area contributed by atoms with Gasteiger partial charge in [-0.3, -0.25) is 0 Å². The van der Waals surface area contributed by atoms with E-state index in [0.29, 0.717) is 6.54 Å². The minimum Gasteiger partial charge on any atom is -0.387 e. The van der Waals surface area contributed by atoms with Gasteiger partial charge in [0.25, 0.3) is 0 Å². The maximum atomic E-state index is 10.7. The summed E-state index contributed by atoms with van der Waals surface area (Å²) in [6.45, 7) is 2.84. The molecule has 0 aliphatic heterocycles. The van der Waals surface area contributed by atoms with Crippen LogP contribution >= 0.6 is 27.3 Å². The summed E-state index contributed by atoms with van der Waals surface area (Å²) in [5.74, 6) is 0.826. The molecular formula is C14H22BrNOS. The van der Waals surface area contributed by atoms with E-state index < -0.39 is 6.10 Å². The predicted molar refractivity (Wildman–Crippen MR) is 80.7 cm³/mol. The molecule has 1 heterocycles. The van der Waals surface area contributed by atoms with Crippen molar-refractivity contribution >= 4 is 27.3 Å². The third kappa shape index (κ3) is 2.82. The van der Waals surface area contributed by atoms with Crippen molar-refractivity contribution in [1.29, 1.82) is 0 Å². The van der Waals surface area contributed by atoms with E-state index in [2.05, 4.69) is 22.9 Å². The van der Waals surface area contributed by atoms with E-state index in [1.165, 1.54) is 19.3 Å². The maximum absolute atomic E-state index is 10.7. The normalized spacial score (nSPS) is 30.3. The van der Waals surface area contributed by atoms with Crippen LogP contribution in [0.2, 0.25) is 0 Å². The summed E-state index contributed by atoms with van der Waals surface area (Å²) in [5, 5.41) is 10.7. The summed E-state index contributed by atoms with van der Waals surface area (Å²) in [4.78, 5) is 1.04. The number of nitrogens with two attached hydrogens (primary N) is 1. The second-order valence-electron chi connectivity index (χ2n) is 5.46. The van der Waals surface area contributed by atoms with Gasteiger partial charge in [0.15, 0.2) is 0 Å². The molecular weight excluding hydrogens is 310 g/mol. The first-order chi connectivity index (χ1) is 8.61. The van der Waals surface area contributed by atoms with E-state index in [4.69, 9.17) is 5.73 Å². The molecule has 0 saturated heterocycles. The Kier molecular flexibility index (Phi) is 4.86. The summed E-state index contributed by atoms with van der Waals surface area (Å²) in [5.41, 5.74) is 5.90. The van der Waals surface area contributed by atoms with Crippen LogP contribution in [0.1, 0.15) is 50.0 Å². The summed E-state index contributed by atoms with van der Waals surface area (Å²) in [6.07, 6.45) is 5.37. The van der Waals surface area contributed by atoms with Gasteiger partial charge in [-0.25, -0.2) is 0 Å². The molecule has 4 heteroatoms. The quantitative estimate of drug-likeness (QED) is 0.872. The van der Waals surface area contributed by atoms with Crippen molar-refractivity contribution in [1.82, 2.24) is 0 Å². The van der Waals surface area contributed by atoms with Gasteiger partial charge in [-0.05, 0) is 59.7 Å². The average molecular weight is 332 g/mol. The van der Waals surface area contributed by atoms with Crippen molar-refractivity contribution in [3.63, 3.8) is 0 Å². The van der Waals surface area contributed by atoms with E-state index in [1.54, 1.807) is 11.3 Å². The van der Waals surface area contributed by atoms with Crippen molar-refractivity contribution in [3.8, 4) is 0 Å². The highest BCUT2D eigenvalue weighted by Crippen LogP contribution is 2.48. The van der Waals surface area contributed by atoms with E-state index in [0.717, 1.165) is 27.4 Å². The largest absolute Gasteiger partial charge is 0.387 e. The Bertz CT molecular complexity index is 385. The Morgan fingerprint density at radius 1 is 1.50 bits per heavy atom. The van der Waals surface area contributed by atoms with Crippen LogP contribution in [0.15, 0.2) is 15.9 Å². The minimum absolute atomic E-state index is 0.101. The molecule has 3 N–H and O–H groups in total. The molecule has 0 bridgehead atoms. The zero-order chi connectivity index (χ0) is 13.2. The van der Waals surface area contributed by atoms with E-state index >= 15 is 0 Å². The van der Waals surface area contributed by atoms with Crippen molar-refractivity contribution < 1.29 is 5.11 Å². The van der Waals surface area contributed by atoms with Gasteiger partial charge >= 0.3 is 0 Å². The van der Waals surface area contributed by atoms with Gasteiger partial charge < -0.3 is 10.8 Å². The lowest BCUT2D eigenvalue weighted by Crippen LogP contribution is -2.39. The second kappa shape index (κ2) is 6.04. The van der Waals surface area contributed by atoms with E-state index in [-0.39, 0.29) is 5.41 Å². The lowest BCUT2D eigenvalue weighted by molar-refractivity contribution is -0.00806. The van der Waals surface area contributed by atoms with Crippen molar-refractivity contribution in [2.45, 2.75) is 45.1 Å².